The summed E-state index contributed by atoms with van der Waals surface area (Å²) in [6.45, 7) is 2.95. The van der Waals surface area contributed by atoms with E-state index in [1.54, 1.807) is 0 Å². The van der Waals surface area contributed by atoms with Gasteiger partial charge in [0.2, 0.25) is 5.79 Å². The molecule has 6 heteroatoms. The lowest BCUT2D eigenvalue weighted by atomic mass is 10.1. The van der Waals surface area contributed by atoms with Gasteiger partial charge in [0.05, 0.1) is 0 Å². The molecule has 0 aliphatic heterocycles. The van der Waals surface area contributed by atoms with Crippen LogP contribution in [-0.2, 0) is 9.59 Å². The highest BCUT2D eigenvalue weighted by Crippen LogP contribution is 2.14. The van der Waals surface area contributed by atoms with Gasteiger partial charge < -0.3 is 20.4 Å². The number of carboxylic acids is 2. The predicted octanol–water partition coefficient (Wildman–Crippen LogP) is -1.05. The van der Waals surface area contributed by atoms with E-state index < -0.39 is 23.3 Å². The summed E-state index contributed by atoms with van der Waals surface area (Å²) in [6.07, 6.45) is 0.694. The summed E-state index contributed by atoms with van der Waals surface area (Å²) in [6, 6.07) is 0. The Kier molecular flexibility index (Phi) is 3.34. The summed E-state index contributed by atoms with van der Waals surface area (Å²) in [4.78, 5) is 20.4. The van der Waals surface area contributed by atoms with Crippen molar-refractivity contribution >= 4 is 11.9 Å². The van der Waals surface area contributed by atoms with Crippen LogP contribution in [0.4, 0.5) is 0 Å². The highest BCUT2D eigenvalue weighted by Gasteiger charge is 2.31. The molecule has 0 aliphatic rings. The van der Waals surface area contributed by atoms with Crippen LogP contribution in [0.1, 0.15) is 0 Å². The average molecular weight is 188 g/mol. The lowest BCUT2D eigenvalue weighted by Gasteiger charge is -2.16. The monoisotopic (exact) mass is 188 g/mol. The van der Waals surface area contributed by atoms with Crippen molar-refractivity contribution in [3.8, 4) is 0 Å². The van der Waals surface area contributed by atoms with Crippen molar-refractivity contribution in [1.82, 2.24) is 0 Å². The SMILES string of the molecule is C=CC(O)(O)/C(=C/C(=O)O)C(=O)O. The van der Waals surface area contributed by atoms with Crippen molar-refractivity contribution in [2.45, 2.75) is 5.79 Å². The second-order valence-electron chi connectivity index (χ2n) is 2.13. The highest BCUT2D eigenvalue weighted by atomic mass is 16.5. The first-order chi connectivity index (χ1) is 5.81. The molecule has 0 spiro atoms. The van der Waals surface area contributed by atoms with Crippen molar-refractivity contribution < 1.29 is 30.0 Å². The fourth-order valence-electron chi connectivity index (χ4n) is 0.559. The zero-order chi connectivity index (χ0) is 10.6. The molecule has 0 saturated carbocycles. The minimum atomic E-state index is -2.84. The molecule has 0 aromatic heterocycles. The van der Waals surface area contributed by atoms with Gasteiger partial charge in [-0.15, -0.1) is 0 Å². The Labute approximate surface area is 73.0 Å². The predicted molar refractivity (Wildman–Crippen MR) is 40.7 cm³/mol. The largest absolute Gasteiger partial charge is 0.478 e. The zero-order valence-corrected chi connectivity index (χ0v) is 6.47. The molecule has 4 N–H and O–H groups in total. The van der Waals surface area contributed by atoms with Crippen LogP contribution in [-0.4, -0.2) is 38.2 Å². The standard InChI is InChI=1S/C7H8O6/c1-2-7(12,13)4(6(10)11)3-5(8)9/h2-3,12-13H,1H2,(H,8,9)(H,10,11)/b4-3+. The van der Waals surface area contributed by atoms with Crippen LogP contribution in [0.2, 0.25) is 0 Å². The Morgan fingerprint density at radius 1 is 1.23 bits per heavy atom. The van der Waals surface area contributed by atoms with E-state index in [2.05, 4.69) is 6.58 Å². The van der Waals surface area contributed by atoms with Crippen LogP contribution < -0.4 is 0 Å². The van der Waals surface area contributed by atoms with Crippen molar-refractivity contribution in [3.05, 3.63) is 24.3 Å². The fraction of sp³-hybridized carbons (Fsp3) is 0.143. The maximum atomic E-state index is 10.3. The van der Waals surface area contributed by atoms with E-state index in [9.17, 15) is 9.59 Å². The molecule has 0 atom stereocenters. The van der Waals surface area contributed by atoms with Crippen LogP contribution in [0.3, 0.4) is 0 Å². The Morgan fingerprint density at radius 2 is 1.69 bits per heavy atom. The van der Waals surface area contributed by atoms with Crippen LogP contribution in [0.25, 0.3) is 0 Å². The molecule has 72 valence electrons. The van der Waals surface area contributed by atoms with Gasteiger partial charge in [-0.1, -0.05) is 6.58 Å². The Bertz CT molecular complexity index is 275. The zero-order valence-electron chi connectivity index (χ0n) is 6.47. The van der Waals surface area contributed by atoms with E-state index in [4.69, 9.17) is 20.4 Å². The van der Waals surface area contributed by atoms with Crippen LogP contribution in [0, 0.1) is 0 Å². The van der Waals surface area contributed by atoms with Gasteiger partial charge in [-0.25, -0.2) is 9.59 Å². The second kappa shape index (κ2) is 3.83. The number of aliphatic hydroxyl groups is 2. The molecule has 0 radical (unpaired) electrons. The fourth-order valence-corrected chi connectivity index (χ4v) is 0.559. The van der Waals surface area contributed by atoms with E-state index in [0.717, 1.165) is 0 Å². The first kappa shape index (κ1) is 11.3. The van der Waals surface area contributed by atoms with E-state index in [-0.39, 0.29) is 6.08 Å². The lowest BCUT2D eigenvalue weighted by Crippen LogP contribution is -2.32. The minimum Gasteiger partial charge on any atom is -0.478 e. The summed E-state index contributed by atoms with van der Waals surface area (Å²) >= 11 is 0. The number of rotatable bonds is 4. The van der Waals surface area contributed by atoms with Gasteiger partial charge in [0.15, 0.2) is 0 Å². The summed E-state index contributed by atoms with van der Waals surface area (Å²) in [7, 11) is 0. The first-order valence-electron chi connectivity index (χ1n) is 3.08. The molecular formula is C7H8O6. The van der Waals surface area contributed by atoms with Gasteiger partial charge in [0, 0.05) is 6.08 Å². The van der Waals surface area contributed by atoms with Gasteiger partial charge in [0.1, 0.15) is 5.57 Å². The third-order valence-electron chi connectivity index (χ3n) is 1.18. The molecule has 0 saturated heterocycles. The number of carboxylic acid groups (broad SMARTS) is 2. The molecule has 6 nitrogen and oxygen atoms in total. The first-order valence-corrected chi connectivity index (χ1v) is 3.08. The quantitative estimate of drug-likeness (QED) is 0.254. The van der Waals surface area contributed by atoms with Crippen molar-refractivity contribution in [2.24, 2.45) is 0 Å². The third-order valence-corrected chi connectivity index (χ3v) is 1.18. The van der Waals surface area contributed by atoms with E-state index in [1.807, 2.05) is 0 Å². The van der Waals surface area contributed by atoms with Crippen LogP contribution in [0.5, 0.6) is 0 Å². The number of carbonyl (C=O) groups is 2. The van der Waals surface area contributed by atoms with Gasteiger partial charge in [-0.05, 0) is 6.08 Å². The smallest absolute Gasteiger partial charge is 0.337 e. The Hall–Kier alpha value is -1.66. The van der Waals surface area contributed by atoms with E-state index in [1.165, 1.54) is 0 Å². The summed E-state index contributed by atoms with van der Waals surface area (Å²) in [5.74, 6) is -6.18. The Balaban J connectivity index is 5.16. The van der Waals surface area contributed by atoms with Crippen LogP contribution in [0.15, 0.2) is 24.3 Å². The molecule has 0 heterocycles. The summed E-state index contributed by atoms with van der Waals surface area (Å²) in [5.41, 5.74) is -1.07. The summed E-state index contributed by atoms with van der Waals surface area (Å²) < 4.78 is 0. The van der Waals surface area contributed by atoms with Gasteiger partial charge in [0.25, 0.3) is 0 Å². The summed E-state index contributed by atoms with van der Waals surface area (Å²) in [5, 5.41) is 34.4. The minimum absolute atomic E-state index is 0.185. The molecule has 13 heavy (non-hydrogen) atoms. The molecule has 0 aromatic rings. The molecular weight excluding hydrogens is 180 g/mol. The molecule has 0 aliphatic carbocycles. The van der Waals surface area contributed by atoms with Crippen molar-refractivity contribution in [3.63, 3.8) is 0 Å². The molecule has 0 amide bonds. The van der Waals surface area contributed by atoms with Crippen molar-refractivity contribution in [1.29, 1.82) is 0 Å². The maximum Gasteiger partial charge on any atom is 0.337 e. The normalized spacial score (nSPS) is 12.3. The average Bonchev–Trinajstić information content (AvgIpc) is 1.99. The van der Waals surface area contributed by atoms with Crippen molar-refractivity contribution in [2.75, 3.05) is 0 Å². The lowest BCUT2D eigenvalue weighted by molar-refractivity contribution is -0.144. The molecule has 0 fully saturated rings. The molecule has 0 rings (SSSR count). The molecule has 0 aromatic carbocycles. The van der Waals surface area contributed by atoms with Gasteiger partial charge in [-0.2, -0.15) is 0 Å². The Morgan fingerprint density at radius 3 is 1.92 bits per heavy atom. The maximum absolute atomic E-state index is 10.3. The van der Waals surface area contributed by atoms with Crippen LogP contribution >= 0.6 is 0 Å². The number of aliphatic carboxylic acids is 2. The second-order valence-corrected chi connectivity index (χ2v) is 2.13. The highest BCUT2D eigenvalue weighted by molar-refractivity contribution is 5.96. The molecule has 0 unspecified atom stereocenters. The third kappa shape index (κ3) is 3.06. The topological polar surface area (TPSA) is 115 Å². The van der Waals surface area contributed by atoms with E-state index >= 15 is 0 Å². The van der Waals surface area contributed by atoms with E-state index in [0.29, 0.717) is 6.08 Å². The van der Waals surface area contributed by atoms with Gasteiger partial charge in [-0.3, -0.25) is 0 Å². The number of hydrogen-bond donors (Lipinski definition) is 4. The molecule has 0 bridgehead atoms. The number of hydrogen-bond acceptors (Lipinski definition) is 4. The van der Waals surface area contributed by atoms with Gasteiger partial charge >= 0.3 is 11.9 Å².